The van der Waals surface area contributed by atoms with Crippen LogP contribution in [0.5, 0.6) is 0 Å². The zero-order valence-corrected chi connectivity index (χ0v) is 9.96. The number of alkyl halides is 2. The molecule has 2 aromatic heterocycles. The average Bonchev–Trinajstić information content (AvgIpc) is 2.57. The van der Waals surface area contributed by atoms with Crippen molar-refractivity contribution in [1.82, 2.24) is 9.38 Å². The first-order valence-corrected chi connectivity index (χ1v) is 5.46. The highest BCUT2D eigenvalue weighted by Crippen LogP contribution is 2.19. The fourth-order valence-corrected chi connectivity index (χ4v) is 1.74. The van der Waals surface area contributed by atoms with Crippen LogP contribution in [0.15, 0.2) is 24.5 Å². The van der Waals surface area contributed by atoms with E-state index in [0.717, 1.165) is 0 Å². The van der Waals surface area contributed by atoms with Crippen LogP contribution >= 0.6 is 11.6 Å². The van der Waals surface area contributed by atoms with E-state index >= 15 is 0 Å². The standard InChI is InChI=1S/C11H12ClF2N3/c1-11(15,10(13)14)4-8-6-17-5-7(12)2-3-9(17)16-8/h2-3,5-6,10H,4,15H2,1H3. The maximum absolute atomic E-state index is 12.6. The van der Waals surface area contributed by atoms with Gasteiger partial charge in [-0.05, 0) is 19.1 Å². The molecular formula is C11H12ClF2N3. The van der Waals surface area contributed by atoms with Crippen LogP contribution in [0.1, 0.15) is 12.6 Å². The molecule has 0 amide bonds. The number of aromatic nitrogens is 2. The number of halogens is 3. The minimum absolute atomic E-state index is 0.0178. The lowest BCUT2D eigenvalue weighted by Crippen LogP contribution is -2.45. The first-order chi connectivity index (χ1) is 7.88. The van der Waals surface area contributed by atoms with Crippen LogP contribution in [0.3, 0.4) is 0 Å². The molecule has 0 aliphatic carbocycles. The number of nitrogens with zero attached hydrogens (tertiary/aromatic N) is 2. The van der Waals surface area contributed by atoms with E-state index in [2.05, 4.69) is 4.98 Å². The molecule has 1 unspecified atom stereocenters. The van der Waals surface area contributed by atoms with Gasteiger partial charge in [0, 0.05) is 18.8 Å². The Morgan fingerprint density at radius 2 is 2.18 bits per heavy atom. The van der Waals surface area contributed by atoms with Gasteiger partial charge in [-0.2, -0.15) is 0 Å². The van der Waals surface area contributed by atoms with Crippen molar-refractivity contribution in [2.24, 2.45) is 5.73 Å². The summed E-state index contributed by atoms with van der Waals surface area (Å²) in [6, 6.07) is 3.42. The van der Waals surface area contributed by atoms with E-state index in [9.17, 15) is 8.78 Å². The van der Waals surface area contributed by atoms with Crippen LogP contribution < -0.4 is 5.73 Å². The molecule has 2 aromatic rings. The number of hydrogen-bond donors (Lipinski definition) is 1. The van der Waals surface area contributed by atoms with E-state index in [1.54, 1.807) is 28.9 Å². The van der Waals surface area contributed by atoms with E-state index in [4.69, 9.17) is 17.3 Å². The van der Waals surface area contributed by atoms with Gasteiger partial charge in [-0.15, -0.1) is 0 Å². The Labute approximate surface area is 102 Å². The number of imidazole rings is 1. The molecule has 3 nitrogen and oxygen atoms in total. The van der Waals surface area contributed by atoms with Gasteiger partial charge in [0.2, 0.25) is 0 Å². The highest BCUT2D eigenvalue weighted by molar-refractivity contribution is 6.30. The summed E-state index contributed by atoms with van der Waals surface area (Å²) in [6.07, 6.45) is 0.762. The van der Waals surface area contributed by atoms with Crippen molar-refractivity contribution in [2.45, 2.75) is 25.3 Å². The summed E-state index contributed by atoms with van der Waals surface area (Å²) in [7, 11) is 0. The molecule has 0 bridgehead atoms. The lowest BCUT2D eigenvalue weighted by Gasteiger charge is -2.21. The van der Waals surface area contributed by atoms with Gasteiger partial charge in [0.1, 0.15) is 5.65 Å². The van der Waals surface area contributed by atoms with Gasteiger partial charge >= 0.3 is 0 Å². The molecule has 0 saturated carbocycles. The SMILES string of the molecule is CC(N)(Cc1cn2cc(Cl)ccc2n1)C(F)F. The lowest BCUT2D eigenvalue weighted by molar-refractivity contribution is 0.0635. The molecule has 0 aromatic carbocycles. The molecule has 2 N–H and O–H groups in total. The molecule has 0 spiro atoms. The smallest absolute Gasteiger partial charge is 0.256 e. The van der Waals surface area contributed by atoms with E-state index < -0.39 is 12.0 Å². The number of nitrogens with two attached hydrogens (primary N) is 1. The van der Waals surface area contributed by atoms with Gasteiger partial charge in [0.15, 0.2) is 0 Å². The summed E-state index contributed by atoms with van der Waals surface area (Å²) in [4.78, 5) is 4.21. The second-order valence-corrected chi connectivity index (χ2v) is 4.76. The maximum atomic E-state index is 12.6. The maximum Gasteiger partial charge on any atom is 0.256 e. The quantitative estimate of drug-likeness (QED) is 0.920. The molecule has 2 heterocycles. The summed E-state index contributed by atoms with van der Waals surface area (Å²) in [5.41, 5.74) is 5.14. The highest BCUT2D eigenvalue weighted by atomic mass is 35.5. The molecule has 0 aliphatic rings. The van der Waals surface area contributed by atoms with Gasteiger partial charge in [-0.3, -0.25) is 0 Å². The second kappa shape index (κ2) is 4.23. The predicted octanol–water partition coefficient (Wildman–Crippen LogP) is 2.51. The lowest BCUT2D eigenvalue weighted by atomic mass is 9.98. The van der Waals surface area contributed by atoms with Gasteiger partial charge in [0.05, 0.1) is 16.3 Å². The van der Waals surface area contributed by atoms with Crippen molar-refractivity contribution in [2.75, 3.05) is 0 Å². The van der Waals surface area contributed by atoms with E-state index in [1.165, 1.54) is 6.92 Å². The van der Waals surface area contributed by atoms with E-state index in [1.807, 2.05) is 0 Å². The van der Waals surface area contributed by atoms with Gasteiger partial charge < -0.3 is 10.1 Å². The molecule has 0 fully saturated rings. The number of fused-ring (bicyclic) bond motifs is 1. The monoisotopic (exact) mass is 259 g/mol. The third-order valence-corrected chi connectivity index (χ3v) is 2.75. The van der Waals surface area contributed by atoms with Crippen molar-refractivity contribution in [3.8, 4) is 0 Å². The topological polar surface area (TPSA) is 43.3 Å². The summed E-state index contributed by atoms with van der Waals surface area (Å²) >= 11 is 5.82. The Balaban J connectivity index is 2.31. The predicted molar refractivity (Wildman–Crippen MR) is 62.5 cm³/mol. The van der Waals surface area contributed by atoms with Gasteiger partial charge in [-0.25, -0.2) is 13.8 Å². The average molecular weight is 260 g/mol. The summed E-state index contributed by atoms with van der Waals surface area (Å²) in [6.45, 7) is 1.31. The highest BCUT2D eigenvalue weighted by Gasteiger charge is 2.31. The minimum Gasteiger partial charge on any atom is -0.320 e. The normalized spacial score (nSPS) is 15.4. The van der Waals surface area contributed by atoms with Crippen molar-refractivity contribution in [1.29, 1.82) is 0 Å². The molecular weight excluding hydrogens is 248 g/mol. The molecule has 0 saturated heterocycles. The van der Waals surface area contributed by atoms with Crippen molar-refractivity contribution in [3.05, 3.63) is 35.2 Å². The van der Waals surface area contributed by atoms with Crippen LogP contribution in [0.2, 0.25) is 5.02 Å². The largest absolute Gasteiger partial charge is 0.320 e. The fourth-order valence-electron chi connectivity index (χ4n) is 1.57. The summed E-state index contributed by atoms with van der Waals surface area (Å²) in [5.74, 6) is 0. The zero-order chi connectivity index (χ0) is 12.6. The zero-order valence-electron chi connectivity index (χ0n) is 9.20. The van der Waals surface area contributed by atoms with E-state index in [0.29, 0.717) is 16.4 Å². The van der Waals surface area contributed by atoms with Gasteiger partial charge in [-0.1, -0.05) is 11.6 Å². The second-order valence-electron chi connectivity index (χ2n) is 4.33. The van der Waals surface area contributed by atoms with Crippen LogP contribution in [0.25, 0.3) is 5.65 Å². The molecule has 1 atom stereocenters. The Bertz CT molecular complexity index is 536. The van der Waals surface area contributed by atoms with Crippen molar-refractivity contribution < 1.29 is 8.78 Å². The van der Waals surface area contributed by atoms with Crippen LogP contribution in [0.4, 0.5) is 8.78 Å². The first-order valence-electron chi connectivity index (χ1n) is 5.09. The number of rotatable bonds is 3. The summed E-state index contributed by atoms with van der Waals surface area (Å²) in [5, 5.41) is 0.561. The Kier molecular flexibility index (Phi) is 3.05. The molecule has 6 heteroatoms. The molecule has 92 valence electrons. The third kappa shape index (κ3) is 2.56. The number of hydrogen-bond acceptors (Lipinski definition) is 2. The minimum atomic E-state index is -2.59. The van der Waals surface area contributed by atoms with Crippen molar-refractivity contribution >= 4 is 17.2 Å². The van der Waals surface area contributed by atoms with Crippen LogP contribution in [-0.2, 0) is 6.42 Å². The molecule has 0 aliphatic heterocycles. The molecule has 17 heavy (non-hydrogen) atoms. The molecule has 0 radical (unpaired) electrons. The van der Waals surface area contributed by atoms with Crippen LogP contribution in [0, 0.1) is 0 Å². The van der Waals surface area contributed by atoms with Crippen LogP contribution in [-0.4, -0.2) is 21.3 Å². The van der Waals surface area contributed by atoms with Gasteiger partial charge in [0.25, 0.3) is 6.43 Å². The number of pyridine rings is 1. The third-order valence-electron chi connectivity index (χ3n) is 2.53. The Morgan fingerprint density at radius 3 is 2.82 bits per heavy atom. The van der Waals surface area contributed by atoms with Crippen molar-refractivity contribution in [3.63, 3.8) is 0 Å². The Hall–Kier alpha value is -1.20. The van der Waals surface area contributed by atoms with E-state index in [-0.39, 0.29) is 6.42 Å². The molecule has 2 rings (SSSR count). The first kappa shape index (κ1) is 12.3. The Morgan fingerprint density at radius 1 is 1.47 bits per heavy atom. The summed E-state index contributed by atoms with van der Waals surface area (Å²) < 4.78 is 27.0. The fraction of sp³-hybridized carbons (Fsp3) is 0.364.